The van der Waals surface area contributed by atoms with Crippen LogP contribution in [-0.2, 0) is 9.59 Å². The molecule has 0 heterocycles. The zero-order valence-corrected chi connectivity index (χ0v) is 22.4. The Morgan fingerprint density at radius 3 is 1.46 bits per heavy atom. The lowest BCUT2D eigenvalue weighted by Gasteiger charge is -2.19. The standard InChI is InChI=1S/C19H25I3N2O4/c1-3-5-7-9-11(25)23-17-14(20)13(19(27)28)15(21)18(16(17)22)24-12(26)10-8-6-4-2/h3-10H2,1-2H3,(H,23,25)(H,24,26)(H,27,28). The van der Waals surface area contributed by atoms with Crippen molar-refractivity contribution in [1.29, 1.82) is 0 Å². The molecule has 0 saturated heterocycles. The Balaban J connectivity index is 3.21. The molecule has 0 atom stereocenters. The number of rotatable bonds is 11. The summed E-state index contributed by atoms with van der Waals surface area (Å²) in [5, 5.41) is 15.4. The number of amides is 2. The van der Waals surface area contributed by atoms with Crippen LogP contribution >= 0.6 is 67.8 Å². The minimum atomic E-state index is -1.09. The Hall–Kier alpha value is -0.180. The van der Waals surface area contributed by atoms with E-state index in [1.54, 1.807) is 0 Å². The fraction of sp³-hybridized carbons (Fsp3) is 0.526. The highest BCUT2D eigenvalue weighted by molar-refractivity contribution is 14.1. The zero-order chi connectivity index (χ0) is 21.3. The number of carboxylic acids is 1. The van der Waals surface area contributed by atoms with Gasteiger partial charge in [-0.05, 0) is 80.6 Å². The van der Waals surface area contributed by atoms with Gasteiger partial charge in [0.05, 0.1) is 27.6 Å². The number of carboxylic acid groups (broad SMARTS) is 1. The summed E-state index contributed by atoms with van der Waals surface area (Å²) in [5.41, 5.74) is 0.989. The third-order valence-electron chi connectivity index (χ3n) is 4.07. The van der Waals surface area contributed by atoms with E-state index in [0.717, 1.165) is 38.5 Å². The quantitative estimate of drug-likeness (QED) is 0.186. The molecule has 0 aliphatic carbocycles. The summed E-state index contributed by atoms with van der Waals surface area (Å²) in [6.45, 7) is 4.13. The molecule has 0 bridgehead atoms. The normalized spacial score (nSPS) is 10.6. The highest BCUT2D eigenvalue weighted by atomic mass is 127. The monoisotopic (exact) mass is 726 g/mol. The van der Waals surface area contributed by atoms with E-state index in [2.05, 4.69) is 47.1 Å². The second-order valence-electron chi connectivity index (χ2n) is 6.38. The molecule has 0 fully saturated rings. The van der Waals surface area contributed by atoms with Crippen LogP contribution in [0.5, 0.6) is 0 Å². The van der Waals surface area contributed by atoms with Gasteiger partial charge in [0.2, 0.25) is 11.8 Å². The van der Waals surface area contributed by atoms with Crippen LogP contribution in [0.3, 0.4) is 0 Å². The van der Waals surface area contributed by atoms with Crippen LogP contribution in [0.1, 0.15) is 75.6 Å². The van der Waals surface area contributed by atoms with E-state index in [1.165, 1.54) is 0 Å². The average Bonchev–Trinajstić information content (AvgIpc) is 2.62. The molecule has 0 aliphatic heterocycles. The molecule has 1 aromatic carbocycles. The third-order valence-corrected chi connectivity index (χ3v) is 7.31. The van der Waals surface area contributed by atoms with Crippen molar-refractivity contribution in [3.63, 3.8) is 0 Å². The van der Waals surface area contributed by atoms with Crippen LogP contribution in [0.2, 0.25) is 0 Å². The first-order valence-corrected chi connectivity index (χ1v) is 12.5. The van der Waals surface area contributed by atoms with Gasteiger partial charge in [-0.3, -0.25) is 9.59 Å². The van der Waals surface area contributed by atoms with Gasteiger partial charge < -0.3 is 15.7 Å². The summed E-state index contributed by atoms with van der Waals surface area (Å²) in [7, 11) is 0. The van der Waals surface area contributed by atoms with Gasteiger partial charge in [0.25, 0.3) is 0 Å². The van der Waals surface area contributed by atoms with E-state index < -0.39 is 5.97 Å². The Bertz CT molecular complexity index is 687. The number of halogens is 3. The SMILES string of the molecule is CCCCCC(=O)Nc1c(I)c(NC(=O)CCCCC)c(I)c(C(=O)O)c1I. The lowest BCUT2D eigenvalue weighted by atomic mass is 10.1. The van der Waals surface area contributed by atoms with E-state index in [0.29, 0.717) is 34.9 Å². The summed E-state index contributed by atoms with van der Waals surface area (Å²) >= 11 is 5.95. The molecule has 0 spiro atoms. The predicted octanol–water partition coefficient (Wildman–Crippen LogP) is 6.24. The number of aromatic carboxylic acids is 1. The van der Waals surface area contributed by atoms with Gasteiger partial charge in [-0.1, -0.05) is 39.5 Å². The van der Waals surface area contributed by atoms with Gasteiger partial charge >= 0.3 is 5.97 Å². The molecule has 3 N–H and O–H groups in total. The molecule has 0 aliphatic rings. The van der Waals surface area contributed by atoms with E-state index in [4.69, 9.17) is 0 Å². The number of hydrogen-bond acceptors (Lipinski definition) is 3. The highest BCUT2D eigenvalue weighted by Gasteiger charge is 2.26. The third kappa shape index (κ3) is 7.58. The predicted molar refractivity (Wildman–Crippen MR) is 137 cm³/mol. The summed E-state index contributed by atoms with van der Waals surface area (Å²) in [5.74, 6) is -1.39. The molecule has 156 valence electrons. The van der Waals surface area contributed by atoms with Gasteiger partial charge in [0.1, 0.15) is 0 Å². The fourth-order valence-electron chi connectivity index (χ4n) is 2.55. The molecule has 1 aromatic rings. The second kappa shape index (κ2) is 13.2. The largest absolute Gasteiger partial charge is 0.478 e. The Morgan fingerprint density at radius 1 is 0.750 bits per heavy atom. The summed E-state index contributed by atoms with van der Waals surface area (Å²) in [6.07, 6.45) is 6.30. The number of benzene rings is 1. The second-order valence-corrected chi connectivity index (χ2v) is 9.62. The van der Waals surface area contributed by atoms with Crippen molar-refractivity contribution in [2.24, 2.45) is 0 Å². The van der Waals surface area contributed by atoms with E-state index >= 15 is 0 Å². The summed E-state index contributed by atoms with van der Waals surface area (Å²) in [6, 6.07) is 0. The average molecular weight is 726 g/mol. The van der Waals surface area contributed by atoms with Crippen molar-refractivity contribution in [3.8, 4) is 0 Å². The van der Waals surface area contributed by atoms with Crippen LogP contribution in [0.4, 0.5) is 11.4 Å². The Kier molecular flexibility index (Phi) is 12.2. The maximum Gasteiger partial charge on any atom is 0.338 e. The topological polar surface area (TPSA) is 95.5 Å². The first-order valence-electron chi connectivity index (χ1n) is 9.27. The Morgan fingerprint density at radius 2 is 1.14 bits per heavy atom. The molecule has 9 heteroatoms. The molecule has 6 nitrogen and oxygen atoms in total. The van der Waals surface area contributed by atoms with Crippen molar-refractivity contribution in [3.05, 3.63) is 16.3 Å². The van der Waals surface area contributed by atoms with Crippen LogP contribution in [0.25, 0.3) is 0 Å². The zero-order valence-electron chi connectivity index (χ0n) is 16.0. The number of carbonyl (C=O) groups excluding carboxylic acids is 2. The Labute approximate surface area is 206 Å². The van der Waals surface area contributed by atoms with Crippen molar-refractivity contribution >= 4 is 96.9 Å². The number of nitrogens with one attached hydrogen (secondary N) is 2. The molecule has 1 rings (SSSR count). The number of carbonyl (C=O) groups is 3. The van der Waals surface area contributed by atoms with Crippen LogP contribution < -0.4 is 10.6 Å². The van der Waals surface area contributed by atoms with Crippen LogP contribution in [0, 0.1) is 10.7 Å². The summed E-state index contributed by atoms with van der Waals surface area (Å²) in [4.78, 5) is 36.4. The van der Waals surface area contributed by atoms with Crippen LogP contribution in [-0.4, -0.2) is 22.9 Å². The first-order chi connectivity index (χ1) is 13.2. The molecular weight excluding hydrogens is 701 g/mol. The van der Waals surface area contributed by atoms with Gasteiger partial charge in [0, 0.05) is 12.8 Å². The molecule has 0 unspecified atom stereocenters. The minimum absolute atomic E-state index is 0.0920. The smallest absolute Gasteiger partial charge is 0.338 e. The van der Waals surface area contributed by atoms with E-state index in [1.807, 2.05) is 45.2 Å². The van der Waals surface area contributed by atoms with Crippen LogP contribution in [0.15, 0.2) is 0 Å². The lowest BCUT2D eigenvalue weighted by molar-refractivity contribution is -0.117. The van der Waals surface area contributed by atoms with Gasteiger partial charge in [-0.25, -0.2) is 4.79 Å². The highest BCUT2D eigenvalue weighted by Crippen LogP contribution is 2.39. The molecule has 28 heavy (non-hydrogen) atoms. The number of unbranched alkanes of at least 4 members (excludes halogenated alkanes) is 4. The molecule has 0 saturated carbocycles. The molecule has 2 amide bonds. The summed E-state index contributed by atoms with van der Waals surface area (Å²) < 4.78 is 1.57. The maximum atomic E-state index is 12.3. The number of anilines is 2. The molecular formula is C19H25I3N2O4. The molecule has 0 radical (unpaired) electrons. The van der Waals surface area contributed by atoms with Crippen molar-refractivity contribution in [2.75, 3.05) is 10.6 Å². The van der Waals surface area contributed by atoms with Crippen molar-refractivity contribution in [1.82, 2.24) is 0 Å². The van der Waals surface area contributed by atoms with Gasteiger partial charge in [-0.15, -0.1) is 0 Å². The minimum Gasteiger partial charge on any atom is -0.478 e. The van der Waals surface area contributed by atoms with Gasteiger partial charge in [0.15, 0.2) is 0 Å². The van der Waals surface area contributed by atoms with Crippen molar-refractivity contribution < 1.29 is 19.5 Å². The lowest BCUT2D eigenvalue weighted by Crippen LogP contribution is -2.20. The fourth-order valence-corrected chi connectivity index (χ4v) is 6.71. The number of hydrogen-bond donors (Lipinski definition) is 3. The van der Waals surface area contributed by atoms with E-state index in [9.17, 15) is 19.5 Å². The first kappa shape index (κ1) is 25.9. The maximum absolute atomic E-state index is 12.3. The molecule has 0 aromatic heterocycles. The van der Waals surface area contributed by atoms with Crippen molar-refractivity contribution in [2.45, 2.75) is 65.2 Å². The van der Waals surface area contributed by atoms with E-state index in [-0.39, 0.29) is 17.4 Å². The van der Waals surface area contributed by atoms with Gasteiger partial charge in [-0.2, -0.15) is 0 Å².